The molecule has 0 bridgehead atoms. The molecule has 0 amide bonds. The summed E-state index contributed by atoms with van der Waals surface area (Å²) < 4.78 is 0. The van der Waals surface area contributed by atoms with Crippen molar-refractivity contribution in [2.24, 2.45) is 0 Å². The highest BCUT2D eigenvalue weighted by atomic mass is 15.1. The first-order valence-corrected chi connectivity index (χ1v) is 8.92. The Hall–Kier alpha value is -2.66. The lowest BCUT2D eigenvalue weighted by atomic mass is 10.1. The van der Waals surface area contributed by atoms with E-state index in [4.69, 9.17) is 0 Å². The Morgan fingerprint density at radius 3 is 2.84 bits per heavy atom. The molecule has 3 aromatic heterocycles. The molecule has 0 saturated carbocycles. The summed E-state index contributed by atoms with van der Waals surface area (Å²) >= 11 is 0. The number of hydrogen-bond acceptors (Lipinski definition) is 3. The van der Waals surface area contributed by atoms with Crippen molar-refractivity contribution in [3.8, 4) is 11.3 Å². The Morgan fingerprint density at radius 2 is 1.96 bits per heavy atom. The molecule has 0 atom stereocenters. The second kappa shape index (κ2) is 5.70. The van der Waals surface area contributed by atoms with E-state index in [1.165, 1.54) is 42.4 Å². The summed E-state index contributed by atoms with van der Waals surface area (Å²) in [6.07, 6.45) is 4.48. The van der Waals surface area contributed by atoms with Crippen molar-refractivity contribution in [2.75, 3.05) is 13.1 Å². The van der Waals surface area contributed by atoms with Crippen LogP contribution in [0.5, 0.6) is 0 Å². The third-order valence-corrected chi connectivity index (χ3v) is 5.09. The molecule has 0 aliphatic carbocycles. The number of aromatic amines is 2. The van der Waals surface area contributed by atoms with Crippen LogP contribution in [0.1, 0.15) is 24.2 Å². The molecule has 1 saturated heterocycles. The van der Waals surface area contributed by atoms with Gasteiger partial charge in [0.1, 0.15) is 5.82 Å². The van der Waals surface area contributed by atoms with E-state index in [2.05, 4.69) is 49.1 Å². The van der Waals surface area contributed by atoms with Crippen LogP contribution in [0.3, 0.4) is 0 Å². The van der Waals surface area contributed by atoms with Crippen LogP contribution in [0.15, 0.2) is 36.5 Å². The van der Waals surface area contributed by atoms with E-state index in [-0.39, 0.29) is 0 Å². The normalized spacial score (nSPS) is 15.6. The summed E-state index contributed by atoms with van der Waals surface area (Å²) in [6.45, 7) is 5.45. The van der Waals surface area contributed by atoms with Crippen molar-refractivity contribution in [1.82, 2.24) is 24.8 Å². The van der Waals surface area contributed by atoms with Crippen LogP contribution in [0.2, 0.25) is 0 Å². The van der Waals surface area contributed by atoms with Gasteiger partial charge in [0, 0.05) is 34.9 Å². The molecule has 5 heteroatoms. The summed E-state index contributed by atoms with van der Waals surface area (Å²) in [5.74, 6) is 0.888. The highest BCUT2D eigenvalue weighted by Gasteiger charge is 2.13. The fourth-order valence-corrected chi connectivity index (χ4v) is 3.87. The number of imidazole rings is 1. The molecule has 5 nitrogen and oxygen atoms in total. The second-order valence-corrected chi connectivity index (χ2v) is 6.97. The lowest BCUT2D eigenvalue weighted by Gasteiger charge is -2.14. The molecule has 25 heavy (non-hydrogen) atoms. The third kappa shape index (κ3) is 2.61. The van der Waals surface area contributed by atoms with Gasteiger partial charge in [0.25, 0.3) is 0 Å². The predicted octanol–water partition coefficient (Wildman–Crippen LogP) is 4.01. The lowest BCUT2D eigenvalue weighted by Crippen LogP contribution is -2.18. The smallest absolute Gasteiger partial charge is 0.178 e. The first-order chi connectivity index (χ1) is 12.3. The van der Waals surface area contributed by atoms with E-state index in [0.29, 0.717) is 0 Å². The number of hydrogen-bond donors (Lipinski definition) is 2. The van der Waals surface area contributed by atoms with Crippen molar-refractivity contribution in [3.05, 3.63) is 47.9 Å². The fourth-order valence-electron chi connectivity index (χ4n) is 3.87. The van der Waals surface area contributed by atoms with Crippen molar-refractivity contribution < 1.29 is 0 Å². The van der Waals surface area contributed by atoms with Crippen LogP contribution in [0.25, 0.3) is 33.3 Å². The summed E-state index contributed by atoms with van der Waals surface area (Å²) in [4.78, 5) is 18.2. The Morgan fingerprint density at radius 1 is 1.08 bits per heavy atom. The van der Waals surface area contributed by atoms with Gasteiger partial charge in [0.05, 0.1) is 5.52 Å². The van der Waals surface area contributed by atoms with Crippen LogP contribution in [0, 0.1) is 6.92 Å². The Labute approximate surface area is 146 Å². The molecule has 1 aromatic carbocycles. The maximum atomic E-state index is 4.44. The minimum Gasteiger partial charge on any atom is -0.354 e. The molecule has 0 unspecified atom stereocenters. The number of likely N-dealkylation sites (tertiary alicyclic amines) is 1. The van der Waals surface area contributed by atoms with Crippen molar-refractivity contribution in [3.63, 3.8) is 0 Å². The molecular formula is C20H21N5. The van der Waals surface area contributed by atoms with E-state index in [0.717, 1.165) is 34.8 Å². The first-order valence-electron chi connectivity index (χ1n) is 8.92. The average Bonchev–Trinajstić information content (AvgIpc) is 3.32. The Kier molecular flexibility index (Phi) is 3.35. The zero-order chi connectivity index (χ0) is 16.8. The van der Waals surface area contributed by atoms with Gasteiger partial charge in [0.2, 0.25) is 0 Å². The molecule has 126 valence electrons. The number of nitrogens with zero attached hydrogens (tertiary/aromatic N) is 3. The minimum absolute atomic E-state index is 0.767. The van der Waals surface area contributed by atoms with E-state index >= 15 is 0 Å². The molecule has 1 fully saturated rings. The van der Waals surface area contributed by atoms with Gasteiger partial charge >= 0.3 is 0 Å². The van der Waals surface area contributed by atoms with E-state index in [1.807, 2.05) is 19.2 Å². The monoisotopic (exact) mass is 331 g/mol. The van der Waals surface area contributed by atoms with Crippen LogP contribution >= 0.6 is 0 Å². The van der Waals surface area contributed by atoms with E-state index in [9.17, 15) is 0 Å². The summed E-state index contributed by atoms with van der Waals surface area (Å²) in [5, 5.41) is 1.24. The van der Waals surface area contributed by atoms with Gasteiger partial charge in [0.15, 0.2) is 5.65 Å². The maximum absolute atomic E-state index is 4.44. The highest BCUT2D eigenvalue weighted by Crippen LogP contribution is 2.29. The Balaban J connectivity index is 1.55. The number of nitrogens with one attached hydrogen (secondary N) is 2. The highest BCUT2D eigenvalue weighted by molar-refractivity contribution is 5.94. The van der Waals surface area contributed by atoms with Crippen LogP contribution in [-0.4, -0.2) is 37.9 Å². The van der Waals surface area contributed by atoms with Crippen LogP contribution < -0.4 is 0 Å². The summed E-state index contributed by atoms with van der Waals surface area (Å²) in [6, 6.07) is 11.0. The number of pyridine rings is 1. The minimum atomic E-state index is 0.767. The third-order valence-electron chi connectivity index (χ3n) is 5.09. The van der Waals surface area contributed by atoms with Crippen molar-refractivity contribution >= 4 is 22.1 Å². The summed E-state index contributed by atoms with van der Waals surface area (Å²) in [7, 11) is 0. The SMILES string of the molecule is Cc1nc2nccc(-c3cc4ccc(CN5CCCC5)cc4[nH]3)c2[nH]1. The predicted molar refractivity (Wildman–Crippen MR) is 100 cm³/mol. The number of H-pyrrole nitrogens is 2. The topological polar surface area (TPSA) is 60.6 Å². The molecule has 2 N–H and O–H groups in total. The van der Waals surface area contributed by atoms with Gasteiger partial charge in [-0.1, -0.05) is 12.1 Å². The zero-order valence-corrected chi connectivity index (χ0v) is 14.3. The van der Waals surface area contributed by atoms with Gasteiger partial charge in [-0.25, -0.2) is 9.97 Å². The first kappa shape index (κ1) is 14.7. The fraction of sp³-hybridized carbons (Fsp3) is 0.300. The second-order valence-electron chi connectivity index (χ2n) is 6.97. The average molecular weight is 331 g/mol. The number of benzene rings is 1. The standard InChI is InChI=1S/C20H21N5/c1-13-22-19-16(6-7-21-20(19)23-13)18-11-15-5-4-14(10-17(15)24-18)12-25-8-2-3-9-25/h4-7,10-11,24H,2-3,8-9,12H2,1H3,(H,21,22,23). The number of aromatic nitrogens is 4. The molecule has 4 aromatic rings. The lowest BCUT2D eigenvalue weighted by molar-refractivity contribution is 0.331. The van der Waals surface area contributed by atoms with Crippen LogP contribution in [0.4, 0.5) is 0 Å². The largest absolute Gasteiger partial charge is 0.354 e. The molecule has 0 spiro atoms. The van der Waals surface area contributed by atoms with Crippen molar-refractivity contribution in [2.45, 2.75) is 26.3 Å². The molecule has 1 aliphatic heterocycles. The number of rotatable bonds is 3. The quantitative estimate of drug-likeness (QED) is 0.596. The van der Waals surface area contributed by atoms with Crippen molar-refractivity contribution in [1.29, 1.82) is 0 Å². The summed E-state index contributed by atoms with van der Waals surface area (Å²) in [5.41, 5.74) is 6.53. The van der Waals surface area contributed by atoms with Crippen LogP contribution in [-0.2, 0) is 6.54 Å². The van der Waals surface area contributed by atoms with E-state index < -0.39 is 0 Å². The maximum Gasteiger partial charge on any atom is 0.178 e. The Bertz CT molecular complexity index is 1050. The zero-order valence-electron chi connectivity index (χ0n) is 14.3. The van der Waals surface area contributed by atoms with Gasteiger partial charge in [-0.05, 0) is 56.6 Å². The van der Waals surface area contributed by atoms with Gasteiger partial charge in [-0.3, -0.25) is 4.90 Å². The number of fused-ring (bicyclic) bond motifs is 2. The number of aryl methyl sites for hydroxylation is 1. The van der Waals surface area contributed by atoms with Gasteiger partial charge in [-0.15, -0.1) is 0 Å². The molecular weight excluding hydrogens is 310 g/mol. The van der Waals surface area contributed by atoms with E-state index in [1.54, 1.807) is 0 Å². The van der Waals surface area contributed by atoms with Gasteiger partial charge in [-0.2, -0.15) is 0 Å². The van der Waals surface area contributed by atoms with Gasteiger partial charge < -0.3 is 9.97 Å². The molecule has 4 heterocycles. The molecule has 0 radical (unpaired) electrons. The molecule has 5 rings (SSSR count). The molecule has 1 aliphatic rings.